The second-order valence-electron chi connectivity index (χ2n) is 7.81. The Bertz CT molecular complexity index is 1030. The minimum Gasteiger partial charge on any atom is -0.497 e. The normalized spacial score (nSPS) is 19.4. The topological polar surface area (TPSA) is 72.8 Å². The van der Waals surface area contributed by atoms with Gasteiger partial charge in [-0.1, -0.05) is 30.0 Å². The average molecular weight is 460 g/mol. The number of likely N-dealkylation sites (tertiary alicyclic amines) is 1. The van der Waals surface area contributed by atoms with E-state index < -0.39 is 0 Å². The first-order valence-corrected chi connectivity index (χ1v) is 11.5. The number of hydrogen-bond acceptors (Lipinski definition) is 6. The molecule has 1 saturated heterocycles. The van der Waals surface area contributed by atoms with Crippen LogP contribution >= 0.6 is 24.0 Å². The molecule has 1 aromatic heterocycles. The fourth-order valence-corrected chi connectivity index (χ4v) is 5.33. The highest BCUT2D eigenvalue weighted by Gasteiger charge is 2.35. The van der Waals surface area contributed by atoms with Crippen molar-refractivity contribution >= 4 is 39.9 Å². The summed E-state index contributed by atoms with van der Waals surface area (Å²) in [7, 11) is 3.13. The van der Waals surface area contributed by atoms with E-state index >= 15 is 0 Å². The predicted octanol–water partition coefficient (Wildman–Crippen LogP) is 2.94. The van der Waals surface area contributed by atoms with Crippen LogP contribution in [0, 0.1) is 5.92 Å². The summed E-state index contributed by atoms with van der Waals surface area (Å²) in [6, 6.07) is 10.7. The molecule has 0 radical (unpaired) electrons. The largest absolute Gasteiger partial charge is 0.497 e. The van der Waals surface area contributed by atoms with E-state index in [1.165, 1.54) is 11.8 Å². The van der Waals surface area contributed by atoms with Crippen LogP contribution in [0.2, 0.25) is 0 Å². The number of carbonyl (C=O) groups is 1. The number of aromatic nitrogens is 1. The first kappa shape index (κ1) is 21.7. The second kappa shape index (κ2) is 9.32. The quantitative estimate of drug-likeness (QED) is 0.689. The van der Waals surface area contributed by atoms with Crippen molar-refractivity contribution in [1.82, 2.24) is 9.47 Å². The summed E-state index contributed by atoms with van der Waals surface area (Å²) < 4.78 is 13.1. The van der Waals surface area contributed by atoms with Crippen molar-refractivity contribution < 1.29 is 14.3 Å². The molecular formula is C22H25N3O4S2. The van der Waals surface area contributed by atoms with Crippen LogP contribution in [-0.2, 0) is 11.3 Å². The van der Waals surface area contributed by atoms with E-state index in [2.05, 4.69) is 10.2 Å². The highest BCUT2D eigenvalue weighted by molar-refractivity contribution is 8.23. The predicted molar refractivity (Wildman–Crippen MR) is 126 cm³/mol. The van der Waals surface area contributed by atoms with Gasteiger partial charge in [0.1, 0.15) is 15.8 Å². The van der Waals surface area contributed by atoms with E-state index in [4.69, 9.17) is 21.7 Å². The number of thioether (sulfide) groups is 1. The molecule has 1 N–H and O–H groups in total. The van der Waals surface area contributed by atoms with Gasteiger partial charge in [0, 0.05) is 61.2 Å². The first-order chi connectivity index (χ1) is 15.0. The zero-order valence-electron chi connectivity index (χ0n) is 17.5. The van der Waals surface area contributed by atoms with E-state index in [-0.39, 0.29) is 23.1 Å². The summed E-state index contributed by atoms with van der Waals surface area (Å²) >= 11 is 7.01. The van der Waals surface area contributed by atoms with Gasteiger partial charge >= 0.3 is 0 Å². The Balaban J connectivity index is 1.34. The maximum Gasteiger partial charge on any atom is 0.250 e. The van der Waals surface area contributed by atoms with Gasteiger partial charge in [0.2, 0.25) is 5.91 Å². The Morgan fingerprint density at radius 2 is 1.90 bits per heavy atom. The lowest BCUT2D eigenvalue weighted by Crippen LogP contribution is -2.48. The number of ether oxygens (including phenoxy) is 2. The van der Waals surface area contributed by atoms with Crippen LogP contribution in [0.25, 0.3) is 0 Å². The Kier molecular flexibility index (Phi) is 6.52. The van der Waals surface area contributed by atoms with E-state index in [1.54, 1.807) is 38.5 Å². The van der Waals surface area contributed by atoms with E-state index in [0.717, 1.165) is 36.1 Å². The lowest BCUT2D eigenvalue weighted by molar-refractivity contribution is -0.113. The molecular weight excluding hydrogens is 434 g/mol. The second-order valence-corrected chi connectivity index (χ2v) is 9.42. The van der Waals surface area contributed by atoms with Crippen molar-refractivity contribution in [2.24, 2.45) is 5.92 Å². The van der Waals surface area contributed by atoms with Gasteiger partial charge in [-0.2, -0.15) is 0 Å². The molecule has 0 aliphatic carbocycles. The van der Waals surface area contributed by atoms with Crippen molar-refractivity contribution in [3.8, 4) is 11.5 Å². The number of carbonyl (C=O) groups excluding carboxylic acids is 1. The van der Waals surface area contributed by atoms with Crippen LogP contribution in [0.4, 0.5) is 5.69 Å². The summed E-state index contributed by atoms with van der Waals surface area (Å²) in [6.45, 7) is 2.33. The molecule has 3 heterocycles. The molecule has 2 bridgehead atoms. The van der Waals surface area contributed by atoms with Crippen molar-refractivity contribution in [2.45, 2.75) is 18.9 Å². The fourth-order valence-electron chi connectivity index (χ4n) is 4.34. The number of hydrogen-bond donors (Lipinski definition) is 1. The number of anilines is 1. The third-order valence-electron chi connectivity index (χ3n) is 5.70. The highest BCUT2D eigenvalue weighted by Crippen LogP contribution is 2.36. The molecule has 1 fully saturated rings. The number of methoxy groups -OCH3 is 2. The van der Waals surface area contributed by atoms with Crippen molar-refractivity contribution in [3.63, 3.8) is 0 Å². The number of pyridine rings is 1. The summed E-state index contributed by atoms with van der Waals surface area (Å²) in [5.74, 6) is 1.98. The highest BCUT2D eigenvalue weighted by atomic mass is 32.2. The van der Waals surface area contributed by atoms with E-state index in [1.807, 2.05) is 16.7 Å². The minimum absolute atomic E-state index is 0.0726. The maximum atomic E-state index is 12.5. The number of nitrogens with one attached hydrogen (secondary N) is 1. The minimum atomic E-state index is -0.142. The number of fused-ring (bicyclic) bond motifs is 4. The molecule has 9 heteroatoms. The molecule has 2 atom stereocenters. The lowest BCUT2D eigenvalue weighted by Gasteiger charge is -2.43. The SMILES string of the molecule is COc1cc(NC(=O)CSC(=S)N2CC3CC(C2)c2cccc(=O)n2C3)cc(OC)c1. The van der Waals surface area contributed by atoms with Gasteiger partial charge in [0.25, 0.3) is 5.56 Å². The number of benzene rings is 1. The van der Waals surface area contributed by atoms with Crippen LogP contribution in [0.5, 0.6) is 11.5 Å². The third-order valence-corrected chi connectivity index (χ3v) is 7.22. The molecule has 164 valence electrons. The molecule has 2 aromatic rings. The molecule has 4 rings (SSSR count). The van der Waals surface area contributed by atoms with Crippen LogP contribution in [0.15, 0.2) is 41.2 Å². The summed E-state index contributed by atoms with van der Waals surface area (Å²) in [4.78, 5) is 26.8. The van der Waals surface area contributed by atoms with Gasteiger partial charge in [-0.3, -0.25) is 9.59 Å². The number of piperidine rings is 1. The zero-order valence-corrected chi connectivity index (χ0v) is 19.1. The Hall–Kier alpha value is -2.52. The summed E-state index contributed by atoms with van der Waals surface area (Å²) in [6.07, 6.45) is 1.07. The summed E-state index contributed by atoms with van der Waals surface area (Å²) in [5.41, 5.74) is 1.77. The molecule has 0 spiro atoms. The average Bonchev–Trinajstić information content (AvgIpc) is 2.77. The van der Waals surface area contributed by atoms with E-state index in [0.29, 0.717) is 23.1 Å². The molecule has 1 amide bonds. The Morgan fingerprint density at radius 3 is 2.61 bits per heavy atom. The molecule has 7 nitrogen and oxygen atoms in total. The van der Waals surface area contributed by atoms with Crippen LogP contribution in [0.3, 0.4) is 0 Å². The molecule has 1 aromatic carbocycles. The maximum absolute atomic E-state index is 12.5. The van der Waals surface area contributed by atoms with Crippen LogP contribution < -0.4 is 20.3 Å². The van der Waals surface area contributed by atoms with Gasteiger partial charge in [-0.15, -0.1) is 0 Å². The van der Waals surface area contributed by atoms with Gasteiger partial charge in [-0.25, -0.2) is 0 Å². The van der Waals surface area contributed by atoms with Crippen molar-refractivity contribution in [1.29, 1.82) is 0 Å². The lowest BCUT2D eigenvalue weighted by atomic mass is 9.83. The zero-order chi connectivity index (χ0) is 22.0. The summed E-state index contributed by atoms with van der Waals surface area (Å²) in [5, 5.41) is 2.87. The number of nitrogens with zero attached hydrogens (tertiary/aromatic N) is 2. The molecule has 2 aliphatic rings. The third kappa shape index (κ3) is 4.88. The van der Waals surface area contributed by atoms with E-state index in [9.17, 15) is 9.59 Å². The number of rotatable bonds is 5. The number of amides is 1. The standard InChI is InChI=1S/C22H25N3O4S2/c1-28-17-7-16(8-18(9-17)29-2)23-20(26)13-31-22(30)24-10-14-6-15(12-24)19-4-3-5-21(27)25(19)11-14/h3-5,7-9,14-15H,6,10-13H2,1-2H3,(H,23,26). The fraction of sp³-hybridized carbons (Fsp3) is 0.409. The number of thiocarbonyl (C=S) groups is 1. The smallest absolute Gasteiger partial charge is 0.250 e. The van der Waals surface area contributed by atoms with Gasteiger partial charge in [0.15, 0.2) is 0 Å². The first-order valence-electron chi connectivity index (χ1n) is 10.1. The molecule has 0 saturated carbocycles. The van der Waals surface area contributed by atoms with Crippen LogP contribution in [-0.4, -0.2) is 52.8 Å². The molecule has 31 heavy (non-hydrogen) atoms. The van der Waals surface area contributed by atoms with Gasteiger partial charge in [-0.05, 0) is 18.4 Å². The monoisotopic (exact) mass is 459 g/mol. The Morgan fingerprint density at radius 1 is 1.16 bits per heavy atom. The Labute approximate surface area is 190 Å². The van der Waals surface area contributed by atoms with Crippen molar-refractivity contribution in [2.75, 3.05) is 38.4 Å². The molecule has 2 unspecified atom stereocenters. The molecule has 2 aliphatic heterocycles. The van der Waals surface area contributed by atoms with Gasteiger partial charge < -0.3 is 24.3 Å². The van der Waals surface area contributed by atoms with Gasteiger partial charge in [0.05, 0.1) is 20.0 Å². The van der Waals surface area contributed by atoms with Crippen molar-refractivity contribution in [3.05, 3.63) is 52.4 Å². The van der Waals surface area contributed by atoms with Crippen LogP contribution in [0.1, 0.15) is 18.0 Å².